The number of ether oxygens (including phenoxy) is 1. The Labute approximate surface area is 206 Å². The summed E-state index contributed by atoms with van der Waals surface area (Å²) in [6, 6.07) is 18.4. The van der Waals surface area contributed by atoms with Gasteiger partial charge in [-0.1, -0.05) is 45.0 Å². The highest BCUT2D eigenvalue weighted by Gasteiger charge is 2.44. The molecule has 1 amide bonds. The summed E-state index contributed by atoms with van der Waals surface area (Å²) in [6.45, 7) is 6.62. The van der Waals surface area contributed by atoms with Crippen LogP contribution in [0.4, 0.5) is 0 Å². The van der Waals surface area contributed by atoms with Crippen LogP contribution in [-0.4, -0.2) is 19.2 Å². The van der Waals surface area contributed by atoms with Crippen LogP contribution >= 0.6 is 11.8 Å². The molecule has 34 heavy (non-hydrogen) atoms. The Morgan fingerprint density at radius 2 is 1.97 bits per heavy atom. The molecule has 4 rings (SSSR count). The van der Waals surface area contributed by atoms with Gasteiger partial charge in [0.15, 0.2) is 0 Å². The SMILES string of the molecule is COc1ccc(/C=N/NC(=O)[C@@H]2C[C@@H]2c2ccc(C(C)(C)C)cc2)cc1CSCc1ccco1. The molecule has 1 fully saturated rings. The van der Waals surface area contributed by atoms with Crippen LogP contribution < -0.4 is 10.2 Å². The molecule has 0 radical (unpaired) electrons. The number of carbonyl (C=O) groups is 1. The second kappa shape index (κ2) is 10.5. The normalized spacial score (nSPS) is 17.6. The molecule has 6 heteroatoms. The van der Waals surface area contributed by atoms with Gasteiger partial charge in [-0.2, -0.15) is 5.10 Å². The van der Waals surface area contributed by atoms with Crippen LogP contribution in [0.15, 0.2) is 70.4 Å². The van der Waals surface area contributed by atoms with E-state index in [4.69, 9.17) is 9.15 Å². The van der Waals surface area contributed by atoms with Gasteiger partial charge in [0.2, 0.25) is 5.91 Å². The van der Waals surface area contributed by atoms with Crippen molar-refractivity contribution in [1.82, 2.24) is 5.43 Å². The van der Waals surface area contributed by atoms with E-state index in [-0.39, 0.29) is 23.2 Å². The van der Waals surface area contributed by atoms with E-state index in [1.165, 1.54) is 11.1 Å². The second-order valence-corrected chi connectivity index (χ2v) is 10.7. The quantitative estimate of drug-likeness (QED) is 0.292. The third-order valence-electron chi connectivity index (χ3n) is 6.11. The lowest BCUT2D eigenvalue weighted by Gasteiger charge is -2.19. The van der Waals surface area contributed by atoms with Crippen LogP contribution in [0.3, 0.4) is 0 Å². The fourth-order valence-electron chi connectivity index (χ4n) is 3.98. The van der Waals surface area contributed by atoms with E-state index in [0.29, 0.717) is 0 Å². The summed E-state index contributed by atoms with van der Waals surface area (Å²) in [4.78, 5) is 12.6. The largest absolute Gasteiger partial charge is 0.496 e. The molecule has 178 valence electrons. The summed E-state index contributed by atoms with van der Waals surface area (Å²) >= 11 is 1.76. The van der Waals surface area contributed by atoms with Gasteiger partial charge >= 0.3 is 0 Å². The standard InChI is InChI=1S/C28H32N2O3S/c1-28(2,3)22-10-8-20(9-11-22)24-15-25(24)27(31)30-29-16-19-7-12-26(32-4)21(14-19)17-34-18-23-6-5-13-33-23/h5-14,16,24-25H,15,17-18H2,1-4H3,(H,30,31)/b29-16+/t24-,25-/m1/s1. The van der Waals surface area contributed by atoms with E-state index >= 15 is 0 Å². The smallest absolute Gasteiger partial charge is 0.243 e. The van der Waals surface area contributed by atoms with E-state index in [0.717, 1.165) is 40.6 Å². The molecular formula is C28H32N2O3S. The van der Waals surface area contributed by atoms with Gasteiger partial charge in [0.25, 0.3) is 0 Å². The number of benzene rings is 2. The van der Waals surface area contributed by atoms with Gasteiger partial charge in [-0.3, -0.25) is 4.79 Å². The Morgan fingerprint density at radius 1 is 1.18 bits per heavy atom. The molecule has 1 heterocycles. The predicted molar refractivity (Wildman–Crippen MR) is 138 cm³/mol. The average molecular weight is 477 g/mol. The number of methoxy groups -OCH3 is 1. The Balaban J connectivity index is 1.30. The lowest BCUT2D eigenvalue weighted by Crippen LogP contribution is -2.20. The van der Waals surface area contributed by atoms with Gasteiger partial charge in [-0.25, -0.2) is 5.43 Å². The number of rotatable bonds is 9. The van der Waals surface area contributed by atoms with Crippen molar-refractivity contribution in [2.75, 3.05) is 7.11 Å². The number of thioether (sulfide) groups is 1. The predicted octanol–water partition coefficient (Wildman–Crippen LogP) is 6.27. The molecule has 1 aliphatic rings. The lowest BCUT2D eigenvalue weighted by atomic mass is 9.86. The van der Waals surface area contributed by atoms with Crippen molar-refractivity contribution >= 4 is 23.9 Å². The number of hydrogen-bond donors (Lipinski definition) is 1. The first-order valence-electron chi connectivity index (χ1n) is 11.6. The summed E-state index contributed by atoms with van der Waals surface area (Å²) in [7, 11) is 1.67. The summed E-state index contributed by atoms with van der Waals surface area (Å²) in [5, 5.41) is 4.21. The maximum Gasteiger partial charge on any atom is 0.243 e. The minimum absolute atomic E-state index is 0.0120. The Bertz CT molecular complexity index is 1130. The van der Waals surface area contributed by atoms with Crippen LogP contribution in [0.25, 0.3) is 0 Å². The molecule has 1 aliphatic carbocycles. The first kappa shape index (κ1) is 24.1. The zero-order valence-corrected chi connectivity index (χ0v) is 21.0. The van der Waals surface area contributed by atoms with Crippen molar-refractivity contribution in [2.24, 2.45) is 11.0 Å². The summed E-state index contributed by atoms with van der Waals surface area (Å²) in [5.41, 5.74) is 7.38. The minimum atomic E-state index is -0.0242. The van der Waals surface area contributed by atoms with Crippen molar-refractivity contribution in [3.05, 3.63) is 88.9 Å². The molecule has 2 aromatic carbocycles. The van der Waals surface area contributed by atoms with Crippen molar-refractivity contribution in [2.45, 2.75) is 50.0 Å². The maximum absolute atomic E-state index is 12.6. The minimum Gasteiger partial charge on any atom is -0.496 e. The molecule has 1 aromatic heterocycles. The number of hydrazone groups is 1. The molecule has 1 N–H and O–H groups in total. The van der Waals surface area contributed by atoms with Crippen molar-refractivity contribution in [1.29, 1.82) is 0 Å². The monoisotopic (exact) mass is 476 g/mol. The zero-order chi connectivity index (χ0) is 24.1. The molecule has 3 aromatic rings. The van der Waals surface area contributed by atoms with Gasteiger partial charge in [-0.05, 0) is 64.8 Å². The highest BCUT2D eigenvalue weighted by atomic mass is 32.2. The number of nitrogens with one attached hydrogen (secondary N) is 1. The van der Waals surface area contributed by atoms with Crippen molar-refractivity contribution in [3.8, 4) is 5.75 Å². The highest BCUT2D eigenvalue weighted by Crippen LogP contribution is 2.47. The van der Waals surface area contributed by atoms with E-state index in [9.17, 15) is 4.79 Å². The summed E-state index contributed by atoms with van der Waals surface area (Å²) in [5.74, 6) is 3.62. The number of amides is 1. The molecule has 0 saturated heterocycles. The van der Waals surface area contributed by atoms with Crippen molar-refractivity contribution in [3.63, 3.8) is 0 Å². The average Bonchev–Trinajstić information content (AvgIpc) is 3.46. The van der Waals surface area contributed by atoms with E-state index in [1.807, 2.05) is 30.3 Å². The molecule has 2 atom stereocenters. The number of hydrogen-bond acceptors (Lipinski definition) is 5. The first-order valence-corrected chi connectivity index (χ1v) is 12.7. The molecular weight excluding hydrogens is 444 g/mol. The van der Waals surface area contributed by atoms with Crippen molar-refractivity contribution < 1.29 is 13.9 Å². The fourth-order valence-corrected chi connectivity index (χ4v) is 4.90. The van der Waals surface area contributed by atoms with Gasteiger partial charge in [0.05, 0.1) is 25.3 Å². The number of furan rings is 1. The van der Waals surface area contributed by atoms with E-state index < -0.39 is 0 Å². The van der Waals surface area contributed by atoms with Gasteiger partial charge in [0.1, 0.15) is 11.5 Å². The Kier molecular flexibility index (Phi) is 7.47. The zero-order valence-electron chi connectivity index (χ0n) is 20.2. The summed E-state index contributed by atoms with van der Waals surface area (Å²) < 4.78 is 10.9. The van der Waals surface area contributed by atoms with E-state index in [2.05, 4.69) is 55.6 Å². The van der Waals surface area contributed by atoms with Crippen LogP contribution in [0, 0.1) is 5.92 Å². The molecule has 0 bridgehead atoms. The van der Waals surface area contributed by atoms with Crippen LogP contribution in [0.5, 0.6) is 5.75 Å². The summed E-state index contributed by atoms with van der Waals surface area (Å²) in [6.07, 6.45) is 4.25. The third-order valence-corrected chi connectivity index (χ3v) is 7.11. The molecule has 5 nitrogen and oxygen atoms in total. The van der Waals surface area contributed by atoms with E-state index in [1.54, 1.807) is 31.3 Å². The molecule has 0 spiro atoms. The number of carbonyl (C=O) groups excluding carboxylic acids is 1. The lowest BCUT2D eigenvalue weighted by molar-refractivity contribution is -0.122. The Morgan fingerprint density at radius 3 is 2.65 bits per heavy atom. The van der Waals surface area contributed by atoms with Gasteiger partial charge < -0.3 is 9.15 Å². The molecule has 0 unspecified atom stereocenters. The second-order valence-electron chi connectivity index (χ2n) is 9.70. The maximum atomic E-state index is 12.6. The molecule has 1 saturated carbocycles. The van der Waals surface area contributed by atoms with Gasteiger partial charge in [0, 0.05) is 17.2 Å². The fraction of sp³-hybridized carbons (Fsp3) is 0.357. The highest BCUT2D eigenvalue weighted by molar-refractivity contribution is 7.97. The van der Waals surface area contributed by atoms with Crippen LogP contribution in [0.1, 0.15) is 61.1 Å². The Hall–Kier alpha value is -2.99. The van der Waals surface area contributed by atoms with Crippen LogP contribution in [0.2, 0.25) is 0 Å². The van der Waals surface area contributed by atoms with Gasteiger partial charge in [-0.15, -0.1) is 11.8 Å². The number of nitrogens with zero attached hydrogens (tertiary/aromatic N) is 1. The topological polar surface area (TPSA) is 63.8 Å². The third kappa shape index (κ3) is 6.11. The first-order chi connectivity index (χ1) is 16.3. The van der Waals surface area contributed by atoms with Crippen LogP contribution in [-0.2, 0) is 21.7 Å². The molecule has 0 aliphatic heterocycles.